The molecule has 0 spiro atoms. The van der Waals surface area contributed by atoms with Gasteiger partial charge in [-0.2, -0.15) is 0 Å². The Morgan fingerprint density at radius 3 is 2.76 bits per heavy atom. The summed E-state index contributed by atoms with van der Waals surface area (Å²) in [6.07, 6.45) is 2.04. The second-order valence-electron chi connectivity index (χ2n) is 4.32. The summed E-state index contributed by atoms with van der Waals surface area (Å²) < 4.78 is 19.2. The monoisotopic (exact) mass is 301 g/mol. The van der Waals surface area contributed by atoms with Crippen molar-refractivity contribution >= 4 is 28.8 Å². The number of pyridine rings is 1. The number of hydrogen-bond acceptors (Lipinski definition) is 3. The molecule has 0 fully saturated rings. The smallest absolute Gasteiger partial charge is 0.156 e. The summed E-state index contributed by atoms with van der Waals surface area (Å²) in [6, 6.07) is 11.1. The first-order valence-corrected chi connectivity index (χ1v) is 6.53. The van der Waals surface area contributed by atoms with Gasteiger partial charge in [-0.15, -0.1) is 0 Å². The van der Waals surface area contributed by atoms with Gasteiger partial charge >= 0.3 is 0 Å². The van der Waals surface area contributed by atoms with Crippen molar-refractivity contribution in [3.8, 4) is 11.5 Å². The molecular formula is C16H9ClFNO2. The van der Waals surface area contributed by atoms with E-state index in [1.165, 1.54) is 18.2 Å². The first kappa shape index (κ1) is 13.5. The van der Waals surface area contributed by atoms with E-state index in [1.54, 1.807) is 24.4 Å². The van der Waals surface area contributed by atoms with Crippen LogP contribution >= 0.6 is 11.6 Å². The summed E-state index contributed by atoms with van der Waals surface area (Å²) in [7, 11) is 0. The van der Waals surface area contributed by atoms with Crippen molar-refractivity contribution in [2.75, 3.05) is 0 Å². The molecular weight excluding hydrogens is 293 g/mol. The number of aldehydes is 1. The van der Waals surface area contributed by atoms with Crippen molar-refractivity contribution in [2.45, 2.75) is 0 Å². The zero-order valence-corrected chi connectivity index (χ0v) is 11.5. The van der Waals surface area contributed by atoms with E-state index in [-0.39, 0.29) is 11.3 Å². The summed E-state index contributed by atoms with van der Waals surface area (Å²) in [5, 5.41) is 1.26. The molecule has 0 aliphatic carbocycles. The lowest BCUT2D eigenvalue weighted by Gasteiger charge is -2.11. The molecule has 1 aromatic heterocycles. The fraction of sp³-hybridized carbons (Fsp3) is 0. The van der Waals surface area contributed by atoms with Crippen LogP contribution in [0.25, 0.3) is 10.9 Å². The number of aromatic nitrogens is 1. The third-order valence-electron chi connectivity index (χ3n) is 3.03. The van der Waals surface area contributed by atoms with Crippen molar-refractivity contribution in [1.29, 1.82) is 0 Å². The molecule has 0 saturated heterocycles. The van der Waals surface area contributed by atoms with Crippen LogP contribution in [0.2, 0.25) is 5.02 Å². The zero-order chi connectivity index (χ0) is 14.8. The van der Waals surface area contributed by atoms with Gasteiger partial charge in [0.15, 0.2) is 12.0 Å². The van der Waals surface area contributed by atoms with Gasteiger partial charge in [0.25, 0.3) is 0 Å². The lowest BCUT2D eigenvalue weighted by molar-refractivity contribution is 0.111. The molecule has 0 amide bonds. The van der Waals surface area contributed by atoms with Gasteiger partial charge in [-0.3, -0.25) is 9.78 Å². The molecule has 0 aliphatic rings. The van der Waals surface area contributed by atoms with Crippen LogP contribution < -0.4 is 4.74 Å². The molecule has 1 heterocycles. The lowest BCUT2D eigenvalue weighted by atomic mass is 10.2. The molecule has 0 N–H and O–H groups in total. The summed E-state index contributed by atoms with van der Waals surface area (Å²) in [6.45, 7) is 0. The van der Waals surface area contributed by atoms with Crippen LogP contribution in [-0.4, -0.2) is 11.3 Å². The van der Waals surface area contributed by atoms with Gasteiger partial charge in [-0.25, -0.2) is 4.39 Å². The Balaban J connectivity index is 2.13. The molecule has 0 atom stereocenters. The van der Waals surface area contributed by atoms with Gasteiger partial charge in [-0.1, -0.05) is 17.7 Å². The average molecular weight is 302 g/mol. The molecule has 5 heteroatoms. The minimum atomic E-state index is -0.631. The van der Waals surface area contributed by atoms with Crippen molar-refractivity contribution in [1.82, 2.24) is 4.98 Å². The van der Waals surface area contributed by atoms with E-state index in [2.05, 4.69) is 4.98 Å². The van der Waals surface area contributed by atoms with Crippen molar-refractivity contribution < 1.29 is 13.9 Å². The summed E-state index contributed by atoms with van der Waals surface area (Å²) in [5.74, 6) is -0.0864. The highest BCUT2D eigenvalue weighted by molar-refractivity contribution is 6.35. The standard InChI is InChI=1S/C16H9ClFNO2/c17-12-6-7-15(16-10(12)3-2-8-19-16)21-14-5-1-4-13(18)11(14)9-20/h1-9H. The van der Waals surface area contributed by atoms with E-state index in [0.717, 1.165) is 5.39 Å². The van der Waals surface area contributed by atoms with E-state index in [1.807, 2.05) is 6.07 Å². The van der Waals surface area contributed by atoms with Crippen LogP contribution in [0.1, 0.15) is 10.4 Å². The molecule has 3 nitrogen and oxygen atoms in total. The number of carbonyl (C=O) groups excluding carboxylic acids is 1. The second-order valence-corrected chi connectivity index (χ2v) is 4.72. The normalized spacial score (nSPS) is 10.6. The molecule has 2 aromatic carbocycles. The van der Waals surface area contributed by atoms with Crippen LogP contribution in [0.3, 0.4) is 0 Å². The van der Waals surface area contributed by atoms with Crippen molar-refractivity contribution in [3.63, 3.8) is 0 Å². The predicted molar refractivity (Wildman–Crippen MR) is 78.6 cm³/mol. The molecule has 0 radical (unpaired) electrons. The predicted octanol–water partition coefficient (Wildman–Crippen LogP) is 4.63. The van der Waals surface area contributed by atoms with Crippen molar-refractivity contribution in [2.24, 2.45) is 0 Å². The number of hydrogen-bond donors (Lipinski definition) is 0. The van der Waals surface area contributed by atoms with E-state index < -0.39 is 5.82 Å². The van der Waals surface area contributed by atoms with Crippen molar-refractivity contribution in [3.05, 3.63) is 65.1 Å². The summed E-state index contributed by atoms with van der Waals surface area (Å²) in [4.78, 5) is 15.2. The lowest BCUT2D eigenvalue weighted by Crippen LogP contribution is -1.95. The highest BCUT2D eigenvalue weighted by Gasteiger charge is 2.12. The van der Waals surface area contributed by atoms with E-state index in [9.17, 15) is 9.18 Å². The second kappa shape index (κ2) is 5.50. The van der Waals surface area contributed by atoms with E-state index in [4.69, 9.17) is 16.3 Å². The van der Waals surface area contributed by atoms with Gasteiger partial charge in [0.2, 0.25) is 0 Å². The van der Waals surface area contributed by atoms with E-state index >= 15 is 0 Å². The van der Waals surface area contributed by atoms with Gasteiger partial charge in [-0.05, 0) is 36.4 Å². The fourth-order valence-electron chi connectivity index (χ4n) is 2.03. The Morgan fingerprint density at radius 2 is 1.95 bits per heavy atom. The molecule has 0 aliphatic heterocycles. The number of nitrogens with zero attached hydrogens (tertiary/aromatic N) is 1. The van der Waals surface area contributed by atoms with E-state index in [0.29, 0.717) is 22.6 Å². The maximum Gasteiger partial charge on any atom is 0.156 e. The van der Waals surface area contributed by atoms with Gasteiger partial charge < -0.3 is 4.74 Å². The highest BCUT2D eigenvalue weighted by Crippen LogP contribution is 2.33. The van der Waals surface area contributed by atoms with Crippen LogP contribution in [0, 0.1) is 5.82 Å². The largest absolute Gasteiger partial charge is 0.454 e. The highest BCUT2D eigenvalue weighted by atomic mass is 35.5. The third-order valence-corrected chi connectivity index (χ3v) is 3.36. The summed E-state index contributed by atoms with van der Waals surface area (Å²) >= 11 is 6.10. The minimum absolute atomic E-state index is 0.128. The van der Waals surface area contributed by atoms with Crippen LogP contribution in [0.5, 0.6) is 11.5 Å². The topological polar surface area (TPSA) is 39.2 Å². The molecule has 0 saturated carbocycles. The molecule has 0 bridgehead atoms. The first-order chi connectivity index (χ1) is 10.2. The van der Waals surface area contributed by atoms with Gasteiger partial charge in [0, 0.05) is 11.6 Å². The molecule has 0 unspecified atom stereocenters. The molecule has 3 rings (SSSR count). The maximum atomic E-state index is 13.6. The number of fused-ring (bicyclic) bond motifs is 1. The SMILES string of the molecule is O=Cc1c(F)cccc1Oc1ccc(Cl)c2cccnc12. The Labute approximate surface area is 124 Å². The molecule has 104 valence electrons. The van der Waals surface area contributed by atoms with Gasteiger partial charge in [0.1, 0.15) is 17.1 Å². The number of carbonyl (C=O) groups is 1. The average Bonchev–Trinajstić information content (AvgIpc) is 2.51. The Bertz CT molecular complexity index is 836. The quantitative estimate of drug-likeness (QED) is 0.662. The Kier molecular flexibility index (Phi) is 3.54. The first-order valence-electron chi connectivity index (χ1n) is 6.15. The number of ether oxygens (including phenoxy) is 1. The van der Waals surface area contributed by atoms with Gasteiger partial charge in [0.05, 0.1) is 10.6 Å². The zero-order valence-electron chi connectivity index (χ0n) is 10.7. The van der Waals surface area contributed by atoms with Crippen LogP contribution in [0.4, 0.5) is 4.39 Å². The number of halogens is 2. The van der Waals surface area contributed by atoms with Crippen LogP contribution in [0.15, 0.2) is 48.7 Å². The minimum Gasteiger partial charge on any atom is -0.454 e. The Morgan fingerprint density at radius 1 is 1.10 bits per heavy atom. The number of rotatable bonds is 3. The molecule has 3 aromatic rings. The molecule has 21 heavy (non-hydrogen) atoms. The third kappa shape index (κ3) is 2.45. The fourth-order valence-corrected chi connectivity index (χ4v) is 2.25. The maximum absolute atomic E-state index is 13.6. The van der Waals surface area contributed by atoms with Crippen LogP contribution in [-0.2, 0) is 0 Å². The Hall–Kier alpha value is -2.46. The number of benzene rings is 2. The summed E-state index contributed by atoms with van der Waals surface area (Å²) in [5.41, 5.74) is 0.419.